The van der Waals surface area contributed by atoms with Crippen molar-refractivity contribution in [1.29, 1.82) is 0 Å². The van der Waals surface area contributed by atoms with Crippen LogP contribution < -0.4 is 11.1 Å². The molecule has 2 amide bonds. The summed E-state index contributed by atoms with van der Waals surface area (Å²) in [6.45, 7) is 4.28. The lowest BCUT2D eigenvalue weighted by Gasteiger charge is -2.50. The number of allylic oxidation sites excluding steroid dienone is 1. The van der Waals surface area contributed by atoms with Crippen LogP contribution in [0.25, 0.3) is 0 Å². The number of amides is 2. The van der Waals surface area contributed by atoms with Crippen LogP contribution in [0.2, 0.25) is 0 Å². The molecular weight excluding hydrogens is 176 g/mol. The van der Waals surface area contributed by atoms with Crippen LogP contribution in [0.15, 0.2) is 11.6 Å². The molecule has 0 radical (unpaired) electrons. The Morgan fingerprint density at radius 3 is 3.07 bits per heavy atom. The SMILES string of the molecule is CCC1=CC2C(C1)CC2(C)NC(N)=O. The fourth-order valence-electron chi connectivity index (χ4n) is 3.02. The lowest BCUT2D eigenvalue weighted by atomic mass is 9.61. The Labute approximate surface area is 84.7 Å². The van der Waals surface area contributed by atoms with Gasteiger partial charge in [-0.2, -0.15) is 0 Å². The summed E-state index contributed by atoms with van der Waals surface area (Å²) in [6.07, 6.45) is 5.77. The minimum atomic E-state index is -0.399. The smallest absolute Gasteiger partial charge is 0.312 e. The molecule has 0 heterocycles. The molecule has 1 saturated carbocycles. The topological polar surface area (TPSA) is 55.1 Å². The minimum absolute atomic E-state index is 0.0760. The second-order valence-electron chi connectivity index (χ2n) is 4.78. The molecule has 0 aromatic carbocycles. The van der Waals surface area contributed by atoms with Crippen molar-refractivity contribution in [3.63, 3.8) is 0 Å². The van der Waals surface area contributed by atoms with E-state index in [1.165, 1.54) is 12.0 Å². The summed E-state index contributed by atoms with van der Waals surface area (Å²) in [7, 11) is 0. The van der Waals surface area contributed by atoms with Gasteiger partial charge in [0.05, 0.1) is 0 Å². The largest absolute Gasteiger partial charge is 0.352 e. The number of carbonyl (C=O) groups excluding carboxylic acids is 1. The van der Waals surface area contributed by atoms with Crippen LogP contribution in [0, 0.1) is 11.8 Å². The van der Waals surface area contributed by atoms with Gasteiger partial charge in [0, 0.05) is 11.5 Å². The Bertz CT molecular complexity index is 298. The monoisotopic (exact) mass is 194 g/mol. The van der Waals surface area contributed by atoms with Crippen molar-refractivity contribution in [1.82, 2.24) is 5.32 Å². The van der Waals surface area contributed by atoms with E-state index < -0.39 is 6.03 Å². The molecule has 2 rings (SSSR count). The summed E-state index contributed by atoms with van der Waals surface area (Å²) in [5.74, 6) is 1.27. The van der Waals surface area contributed by atoms with Crippen LogP contribution in [0.4, 0.5) is 4.79 Å². The Kier molecular flexibility index (Phi) is 2.05. The molecule has 0 saturated heterocycles. The van der Waals surface area contributed by atoms with E-state index in [-0.39, 0.29) is 5.54 Å². The lowest BCUT2D eigenvalue weighted by molar-refractivity contribution is 0.0771. The predicted molar refractivity (Wildman–Crippen MR) is 55.7 cm³/mol. The zero-order valence-electron chi connectivity index (χ0n) is 8.84. The lowest BCUT2D eigenvalue weighted by Crippen LogP contribution is -2.61. The Morgan fingerprint density at radius 1 is 1.79 bits per heavy atom. The van der Waals surface area contributed by atoms with E-state index in [2.05, 4.69) is 25.2 Å². The normalized spacial score (nSPS) is 39.7. The molecule has 14 heavy (non-hydrogen) atoms. The third kappa shape index (κ3) is 1.31. The highest BCUT2D eigenvalue weighted by molar-refractivity contribution is 5.73. The highest BCUT2D eigenvalue weighted by atomic mass is 16.2. The van der Waals surface area contributed by atoms with E-state index >= 15 is 0 Å². The van der Waals surface area contributed by atoms with E-state index in [1.54, 1.807) is 0 Å². The number of hydrogen-bond donors (Lipinski definition) is 2. The molecule has 2 aliphatic carbocycles. The Hall–Kier alpha value is -0.990. The molecule has 78 valence electrons. The van der Waals surface area contributed by atoms with Crippen LogP contribution in [-0.4, -0.2) is 11.6 Å². The van der Waals surface area contributed by atoms with Crippen molar-refractivity contribution >= 4 is 6.03 Å². The fourth-order valence-corrected chi connectivity index (χ4v) is 3.02. The quantitative estimate of drug-likeness (QED) is 0.647. The van der Waals surface area contributed by atoms with Gasteiger partial charge >= 0.3 is 6.03 Å². The van der Waals surface area contributed by atoms with Crippen molar-refractivity contribution in [3.05, 3.63) is 11.6 Å². The number of nitrogens with one attached hydrogen (secondary N) is 1. The molecule has 3 unspecified atom stereocenters. The van der Waals surface area contributed by atoms with E-state index in [4.69, 9.17) is 5.73 Å². The maximum atomic E-state index is 10.8. The van der Waals surface area contributed by atoms with Gasteiger partial charge in [0.15, 0.2) is 0 Å². The standard InChI is InChI=1S/C11H18N2O/c1-3-7-4-8-6-11(2,9(8)5-7)13-10(12)14/h5,8-9H,3-4,6H2,1-2H3,(H3,12,13,14). The first kappa shape index (κ1) is 9.56. The summed E-state index contributed by atoms with van der Waals surface area (Å²) >= 11 is 0. The molecular formula is C11H18N2O. The summed E-state index contributed by atoms with van der Waals surface area (Å²) in [5.41, 5.74) is 6.63. The number of carbonyl (C=O) groups is 1. The van der Waals surface area contributed by atoms with E-state index in [9.17, 15) is 4.79 Å². The molecule has 3 atom stereocenters. The number of nitrogens with two attached hydrogens (primary N) is 1. The number of urea groups is 1. The van der Waals surface area contributed by atoms with Crippen LogP contribution in [-0.2, 0) is 0 Å². The highest BCUT2D eigenvalue weighted by Crippen LogP contribution is 2.52. The minimum Gasteiger partial charge on any atom is -0.352 e. The Morgan fingerprint density at radius 2 is 2.50 bits per heavy atom. The second kappa shape index (κ2) is 3.01. The number of primary amides is 1. The van der Waals surface area contributed by atoms with Crippen molar-refractivity contribution in [2.45, 2.75) is 38.6 Å². The van der Waals surface area contributed by atoms with E-state index in [1.807, 2.05) is 0 Å². The fraction of sp³-hybridized carbons (Fsp3) is 0.727. The average molecular weight is 194 g/mol. The number of hydrogen-bond acceptors (Lipinski definition) is 1. The van der Waals surface area contributed by atoms with Gasteiger partial charge in [-0.3, -0.25) is 0 Å². The van der Waals surface area contributed by atoms with E-state index in [0.29, 0.717) is 5.92 Å². The third-order valence-electron chi connectivity index (χ3n) is 3.73. The molecule has 2 aliphatic rings. The average Bonchev–Trinajstić information content (AvgIpc) is 2.42. The third-order valence-corrected chi connectivity index (χ3v) is 3.73. The molecule has 1 fully saturated rings. The van der Waals surface area contributed by atoms with Gasteiger partial charge in [-0.25, -0.2) is 4.79 Å². The van der Waals surface area contributed by atoms with Crippen LogP contribution in [0.5, 0.6) is 0 Å². The van der Waals surface area contributed by atoms with Crippen molar-refractivity contribution in [3.8, 4) is 0 Å². The molecule has 0 spiro atoms. The zero-order valence-corrected chi connectivity index (χ0v) is 8.84. The summed E-state index contributed by atoms with van der Waals surface area (Å²) in [6, 6.07) is -0.399. The molecule has 0 aromatic rings. The van der Waals surface area contributed by atoms with Crippen molar-refractivity contribution < 1.29 is 4.79 Å². The van der Waals surface area contributed by atoms with Crippen molar-refractivity contribution in [2.24, 2.45) is 17.6 Å². The number of fused-ring (bicyclic) bond motifs is 1. The van der Waals surface area contributed by atoms with Gasteiger partial charge in [-0.15, -0.1) is 0 Å². The predicted octanol–water partition coefficient (Wildman–Crippen LogP) is 1.79. The van der Waals surface area contributed by atoms with Gasteiger partial charge in [-0.05, 0) is 32.1 Å². The molecule has 3 heteroatoms. The van der Waals surface area contributed by atoms with Gasteiger partial charge in [-0.1, -0.05) is 18.6 Å². The molecule has 0 bridgehead atoms. The van der Waals surface area contributed by atoms with Crippen LogP contribution in [0.1, 0.15) is 33.1 Å². The second-order valence-corrected chi connectivity index (χ2v) is 4.78. The first-order valence-electron chi connectivity index (χ1n) is 5.32. The molecule has 0 aromatic heterocycles. The van der Waals surface area contributed by atoms with Gasteiger partial charge < -0.3 is 11.1 Å². The summed E-state index contributed by atoms with van der Waals surface area (Å²) in [5, 5.41) is 2.87. The molecule has 0 aliphatic heterocycles. The first-order chi connectivity index (χ1) is 6.55. The Balaban J connectivity index is 2.06. The molecule has 3 N–H and O–H groups in total. The van der Waals surface area contributed by atoms with Crippen LogP contribution in [0.3, 0.4) is 0 Å². The van der Waals surface area contributed by atoms with Crippen molar-refractivity contribution in [2.75, 3.05) is 0 Å². The van der Waals surface area contributed by atoms with Gasteiger partial charge in [0.2, 0.25) is 0 Å². The zero-order chi connectivity index (χ0) is 10.3. The summed E-state index contributed by atoms with van der Waals surface area (Å²) in [4.78, 5) is 10.8. The number of rotatable bonds is 2. The maximum absolute atomic E-state index is 10.8. The first-order valence-corrected chi connectivity index (χ1v) is 5.32. The van der Waals surface area contributed by atoms with Gasteiger partial charge in [0.25, 0.3) is 0 Å². The van der Waals surface area contributed by atoms with Gasteiger partial charge in [0.1, 0.15) is 0 Å². The van der Waals surface area contributed by atoms with E-state index in [0.717, 1.165) is 18.8 Å². The maximum Gasteiger partial charge on any atom is 0.312 e. The summed E-state index contributed by atoms with van der Waals surface area (Å²) < 4.78 is 0. The molecule has 3 nitrogen and oxygen atoms in total. The van der Waals surface area contributed by atoms with Crippen LogP contribution >= 0.6 is 0 Å². The highest BCUT2D eigenvalue weighted by Gasteiger charge is 2.52.